The van der Waals surface area contributed by atoms with Crippen LogP contribution in [0.4, 0.5) is 0 Å². The molecule has 0 aliphatic rings. The van der Waals surface area contributed by atoms with Gasteiger partial charge in [-0.05, 0) is 18.2 Å². The second-order valence-electron chi connectivity index (χ2n) is 3.11. The molecule has 0 unspecified atom stereocenters. The molecular weight excluding hydrogens is 288 g/mol. The van der Waals surface area contributed by atoms with E-state index in [1.54, 1.807) is 18.9 Å². The van der Waals surface area contributed by atoms with Gasteiger partial charge in [-0.1, -0.05) is 22.0 Å². The van der Waals surface area contributed by atoms with E-state index in [2.05, 4.69) is 33.1 Å². The highest BCUT2D eigenvalue weighted by Crippen LogP contribution is 2.21. The second kappa shape index (κ2) is 7.70. The summed E-state index contributed by atoms with van der Waals surface area (Å²) < 4.78 is 5.97. The van der Waals surface area contributed by atoms with Crippen LogP contribution in [0.2, 0.25) is 0 Å². The van der Waals surface area contributed by atoms with Crippen molar-refractivity contribution in [3.63, 3.8) is 0 Å². The van der Waals surface area contributed by atoms with Gasteiger partial charge in [0.25, 0.3) is 0 Å². The molecule has 0 spiro atoms. The van der Waals surface area contributed by atoms with E-state index in [1.807, 2.05) is 12.1 Å². The van der Waals surface area contributed by atoms with E-state index in [0.717, 1.165) is 4.47 Å². The van der Waals surface area contributed by atoms with E-state index in [9.17, 15) is 0 Å². The summed E-state index contributed by atoms with van der Waals surface area (Å²) in [5.74, 6) is 1.36. The van der Waals surface area contributed by atoms with Crippen LogP contribution < -0.4 is 5.73 Å². The molecule has 0 atom stereocenters. The van der Waals surface area contributed by atoms with Crippen LogP contribution in [-0.4, -0.2) is 31.8 Å². The van der Waals surface area contributed by atoms with Crippen LogP contribution in [-0.2, 0) is 4.74 Å². The Labute approximate surface area is 109 Å². The summed E-state index contributed by atoms with van der Waals surface area (Å²) in [6, 6.07) is 8.12. The van der Waals surface area contributed by atoms with Crippen molar-refractivity contribution in [3.05, 3.63) is 28.7 Å². The summed E-state index contributed by atoms with van der Waals surface area (Å²) in [5.41, 5.74) is 5.76. The first-order valence-electron chi connectivity index (χ1n) is 4.88. The Morgan fingerprint density at radius 1 is 1.56 bits per heavy atom. The van der Waals surface area contributed by atoms with Crippen LogP contribution in [0, 0.1) is 0 Å². The second-order valence-corrected chi connectivity index (χ2v) is 5.08. The number of thioether (sulfide) groups is 1. The van der Waals surface area contributed by atoms with Gasteiger partial charge >= 0.3 is 0 Å². The third-order valence-electron chi connectivity index (χ3n) is 1.79. The Balaban J connectivity index is 2.36. The Kier molecular flexibility index (Phi) is 6.52. The fourth-order valence-corrected chi connectivity index (χ4v) is 2.38. The van der Waals surface area contributed by atoms with Crippen LogP contribution in [0.1, 0.15) is 0 Å². The molecule has 5 heteroatoms. The van der Waals surface area contributed by atoms with Crippen molar-refractivity contribution in [2.75, 3.05) is 26.0 Å². The van der Waals surface area contributed by atoms with Crippen molar-refractivity contribution in [1.82, 2.24) is 0 Å². The molecule has 0 saturated heterocycles. The number of ether oxygens (including phenoxy) is 1. The fraction of sp³-hybridized carbons (Fsp3) is 0.364. The predicted octanol–water partition coefficient (Wildman–Crippen LogP) is 2.54. The van der Waals surface area contributed by atoms with Gasteiger partial charge in [-0.25, -0.2) is 0 Å². The van der Waals surface area contributed by atoms with Crippen molar-refractivity contribution in [2.24, 2.45) is 10.7 Å². The van der Waals surface area contributed by atoms with Crippen LogP contribution in [0.25, 0.3) is 0 Å². The van der Waals surface area contributed by atoms with Crippen LogP contribution in [0.5, 0.6) is 0 Å². The standard InChI is InChI=1S/C11H15BrN2OS/c1-15-6-5-14-11(13)8-16-10-4-2-3-9(12)7-10/h2-4,7H,5-6,8H2,1H3,(H2,13,14). The number of nitrogens with two attached hydrogens (primary N) is 1. The molecule has 0 aliphatic heterocycles. The zero-order valence-corrected chi connectivity index (χ0v) is 11.6. The molecule has 3 nitrogen and oxygen atoms in total. The molecular formula is C11H15BrN2OS. The third-order valence-corrected chi connectivity index (χ3v) is 3.31. The molecule has 0 amide bonds. The Morgan fingerprint density at radius 3 is 3.06 bits per heavy atom. The van der Waals surface area contributed by atoms with Crippen molar-refractivity contribution < 1.29 is 4.74 Å². The lowest BCUT2D eigenvalue weighted by Crippen LogP contribution is -2.16. The van der Waals surface area contributed by atoms with Crippen molar-refractivity contribution in [1.29, 1.82) is 0 Å². The summed E-state index contributed by atoms with van der Waals surface area (Å²) in [6.45, 7) is 1.24. The summed E-state index contributed by atoms with van der Waals surface area (Å²) in [6.07, 6.45) is 0. The number of halogens is 1. The van der Waals surface area contributed by atoms with Gasteiger partial charge < -0.3 is 10.5 Å². The SMILES string of the molecule is COCCN=C(N)CSc1cccc(Br)c1. The molecule has 0 aromatic heterocycles. The molecule has 88 valence electrons. The maximum atomic E-state index is 5.76. The van der Waals surface area contributed by atoms with Gasteiger partial charge in [0.2, 0.25) is 0 Å². The first-order valence-corrected chi connectivity index (χ1v) is 6.66. The number of rotatable bonds is 6. The van der Waals surface area contributed by atoms with Gasteiger partial charge in [0.05, 0.1) is 18.9 Å². The lowest BCUT2D eigenvalue weighted by atomic mass is 10.4. The number of benzene rings is 1. The maximum absolute atomic E-state index is 5.76. The smallest absolute Gasteiger partial charge is 0.104 e. The normalized spacial score (nSPS) is 11.8. The van der Waals surface area contributed by atoms with E-state index >= 15 is 0 Å². The first-order chi connectivity index (χ1) is 7.72. The molecule has 1 aromatic rings. The Bertz CT molecular complexity index is 358. The number of hydrogen-bond acceptors (Lipinski definition) is 3. The van der Waals surface area contributed by atoms with Crippen LogP contribution >= 0.6 is 27.7 Å². The molecule has 1 rings (SSSR count). The minimum Gasteiger partial charge on any atom is -0.387 e. The van der Waals surface area contributed by atoms with Crippen molar-refractivity contribution >= 4 is 33.5 Å². The highest BCUT2D eigenvalue weighted by Gasteiger charge is 1.97. The third kappa shape index (κ3) is 5.53. The average molecular weight is 303 g/mol. The van der Waals surface area contributed by atoms with Gasteiger partial charge in [0, 0.05) is 16.5 Å². The van der Waals surface area contributed by atoms with Gasteiger partial charge in [0.15, 0.2) is 0 Å². The summed E-state index contributed by atoms with van der Waals surface area (Å²) >= 11 is 5.10. The van der Waals surface area contributed by atoms with E-state index < -0.39 is 0 Å². The molecule has 0 aliphatic carbocycles. The summed E-state index contributed by atoms with van der Waals surface area (Å²) in [4.78, 5) is 5.37. The van der Waals surface area contributed by atoms with Crippen molar-refractivity contribution in [3.8, 4) is 0 Å². The molecule has 0 fully saturated rings. The zero-order chi connectivity index (χ0) is 11.8. The number of methoxy groups -OCH3 is 1. The van der Waals surface area contributed by atoms with Crippen molar-refractivity contribution in [2.45, 2.75) is 4.90 Å². The quantitative estimate of drug-likeness (QED) is 0.380. The summed E-state index contributed by atoms with van der Waals surface area (Å²) in [7, 11) is 1.65. The van der Waals surface area contributed by atoms with Crippen LogP contribution in [0.15, 0.2) is 38.6 Å². The number of amidine groups is 1. The molecule has 16 heavy (non-hydrogen) atoms. The molecule has 0 heterocycles. The number of nitrogens with zero attached hydrogens (tertiary/aromatic N) is 1. The number of aliphatic imine (C=N–C) groups is 1. The Hall–Kier alpha value is -0.520. The maximum Gasteiger partial charge on any atom is 0.104 e. The van der Waals surface area contributed by atoms with E-state index in [1.165, 1.54) is 4.90 Å². The topological polar surface area (TPSA) is 47.6 Å². The highest BCUT2D eigenvalue weighted by atomic mass is 79.9. The average Bonchev–Trinajstić information content (AvgIpc) is 2.27. The monoisotopic (exact) mass is 302 g/mol. The Morgan fingerprint density at radius 2 is 2.38 bits per heavy atom. The molecule has 2 N–H and O–H groups in total. The molecule has 0 bridgehead atoms. The number of hydrogen-bond donors (Lipinski definition) is 1. The van der Waals surface area contributed by atoms with E-state index in [0.29, 0.717) is 24.7 Å². The lowest BCUT2D eigenvalue weighted by Gasteiger charge is -2.02. The van der Waals surface area contributed by atoms with Gasteiger partial charge in [0.1, 0.15) is 5.84 Å². The summed E-state index contributed by atoms with van der Waals surface area (Å²) in [5, 5.41) is 0. The largest absolute Gasteiger partial charge is 0.387 e. The predicted molar refractivity (Wildman–Crippen MR) is 73.2 cm³/mol. The molecule has 0 radical (unpaired) electrons. The zero-order valence-electron chi connectivity index (χ0n) is 9.15. The van der Waals surface area contributed by atoms with E-state index in [4.69, 9.17) is 10.5 Å². The first kappa shape index (κ1) is 13.5. The van der Waals surface area contributed by atoms with Gasteiger partial charge in [-0.3, -0.25) is 4.99 Å². The molecule has 1 aromatic carbocycles. The van der Waals surface area contributed by atoms with Gasteiger partial charge in [-0.15, -0.1) is 11.8 Å². The fourth-order valence-electron chi connectivity index (χ4n) is 1.04. The highest BCUT2D eigenvalue weighted by molar-refractivity contribution is 9.10. The lowest BCUT2D eigenvalue weighted by molar-refractivity contribution is 0.208. The molecule has 0 saturated carbocycles. The minimum absolute atomic E-state index is 0.613. The van der Waals surface area contributed by atoms with Gasteiger partial charge in [-0.2, -0.15) is 0 Å². The minimum atomic E-state index is 0.613. The van der Waals surface area contributed by atoms with Crippen LogP contribution in [0.3, 0.4) is 0 Å². The van der Waals surface area contributed by atoms with E-state index in [-0.39, 0.29) is 0 Å².